The van der Waals surface area contributed by atoms with Crippen molar-refractivity contribution in [3.63, 3.8) is 0 Å². The zero-order chi connectivity index (χ0) is 22.1. The number of anilines is 1. The van der Waals surface area contributed by atoms with Crippen molar-refractivity contribution in [1.82, 2.24) is 0 Å². The predicted molar refractivity (Wildman–Crippen MR) is 120 cm³/mol. The lowest BCUT2D eigenvalue weighted by atomic mass is 9.99. The van der Waals surface area contributed by atoms with Crippen LogP contribution in [0.15, 0.2) is 59.8 Å². The van der Waals surface area contributed by atoms with Crippen LogP contribution in [-0.2, 0) is 11.2 Å². The zero-order valence-electron chi connectivity index (χ0n) is 17.3. The van der Waals surface area contributed by atoms with Crippen LogP contribution in [0.4, 0.5) is 5.69 Å². The first-order valence-electron chi connectivity index (χ1n) is 9.54. The monoisotopic (exact) mass is 424 g/mol. The molecular weight excluding hydrogens is 400 g/mol. The molecule has 30 heavy (non-hydrogen) atoms. The average molecular weight is 425 g/mol. The second kappa shape index (κ2) is 11.1. The Morgan fingerprint density at radius 2 is 1.90 bits per heavy atom. The quantitative estimate of drug-likeness (QED) is 0.391. The van der Waals surface area contributed by atoms with E-state index < -0.39 is 5.97 Å². The van der Waals surface area contributed by atoms with E-state index in [4.69, 9.17) is 21.4 Å². The molecule has 0 fully saturated rings. The summed E-state index contributed by atoms with van der Waals surface area (Å²) in [5.41, 5.74) is 5.20. The minimum atomic E-state index is -0.809. The summed E-state index contributed by atoms with van der Waals surface area (Å²) in [7, 11) is 0. The van der Waals surface area contributed by atoms with Gasteiger partial charge in [-0.2, -0.15) is 5.26 Å². The normalized spacial score (nSPS) is 11.7. The summed E-state index contributed by atoms with van der Waals surface area (Å²) in [4.78, 5) is 10.8. The molecule has 0 spiro atoms. The van der Waals surface area contributed by atoms with Crippen LogP contribution in [0, 0.1) is 25.2 Å². The number of nitrogens with zero attached hydrogens (tertiary/aromatic N) is 1. The van der Waals surface area contributed by atoms with Crippen LogP contribution in [0.2, 0.25) is 5.02 Å². The maximum Gasteiger partial charge on any atom is 0.303 e. The summed E-state index contributed by atoms with van der Waals surface area (Å²) in [5, 5.41) is 22.1. The van der Waals surface area contributed by atoms with Gasteiger partial charge >= 0.3 is 5.97 Å². The second-order valence-electron chi connectivity index (χ2n) is 6.95. The van der Waals surface area contributed by atoms with Crippen molar-refractivity contribution in [3.05, 3.63) is 81.5 Å². The molecule has 0 saturated heterocycles. The number of aliphatic carboxylic acids is 1. The van der Waals surface area contributed by atoms with Gasteiger partial charge in [-0.1, -0.05) is 17.7 Å². The van der Waals surface area contributed by atoms with Gasteiger partial charge < -0.3 is 15.2 Å². The molecule has 0 aromatic heterocycles. The van der Waals surface area contributed by atoms with E-state index in [9.17, 15) is 10.1 Å². The number of nitriles is 1. The van der Waals surface area contributed by atoms with Crippen LogP contribution in [-0.4, -0.2) is 17.7 Å². The van der Waals surface area contributed by atoms with Crippen LogP contribution in [0.5, 0.6) is 5.75 Å². The number of carboxylic acids is 1. The lowest BCUT2D eigenvalue weighted by Gasteiger charge is -2.14. The van der Waals surface area contributed by atoms with Crippen molar-refractivity contribution < 1.29 is 14.6 Å². The molecule has 0 radical (unpaired) electrons. The number of benzene rings is 2. The summed E-state index contributed by atoms with van der Waals surface area (Å²) in [6.07, 6.45) is 4.01. The average Bonchev–Trinajstić information content (AvgIpc) is 2.72. The van der Waals surface area contributed by atoms with Gasteiger partial charge in [0.05, 0.1) is 11.6 Å². The van der Waals surface area contributed by atoms with Crippen molar-refractivity contribution in [3.8, 4) is 11.8 Å². The highest BCUT2D eigenvalue weighted by Crippen LogP contribution is 2.26. The van der Waals surface area contributed by atoms with Gasteiger partial charge in [-0.25, -0.2) is 0 Å². The third-order valence-corrected chi connectivity index (χ3v) is 5.08. The SMILES string of the molecule is C/C(COc1ccc(CCC(=O)O)c(C)c1C)=C(C#N)\C=C/Nc1ccc(Cl)cc1. The van der Waals surface area contributed by atoms with Crippen LogP contribution < -0.4 is 10.1 Å². The van der Waals surface area contributed by atoms with Crippen LogP contribution in [0.25, 0.3) is 0 Å². The van der Waals surface area contributed by atoms with Crippen LogP contribution >= 0.6 is 11.6 Å². The summed E-state index contributed by atoms with van der Waals surface area (Å²) in [6, 6.07) is 13.2. The topological polar surface area (TPSA) is 82.3 Å². The van der Waals surface area contributed by atoms with Gasteiger partial charge in [-0.3, -0.25) is 4.79 Å². The summed E-state index contributed by atoms with van der Waals surface area (Å²) >= 11 is 5.87. The molecule has 0 atom stereocenters. The first-order valence-corrected chi connectivity index (χ1v) is 9.91. The first-order chi connectivity index (χ1) is 14.3. The minimum Gasteiger partial charge on any atom is -0.489 e. The number of hydrogen-bond acceptors (Lipinski definition) is 4. The maximum absolute atomic E-state index is 10.8. The summed E-state index contributed by atoms with van der Waals surface area (Å²) in [5.74, 6) is -0.0812. The fourth-order valence-corrected chi connectivity index (χ4v) is 2.95. The second-order valence-corrected chi connectivity index (χ2v) is 7.38. The highest BCUT2D eigenvalue weighted by Gasteiger charge is 2.10. The Balaban J connectivity index is 2.03. The molecule has 2 rings (SSSR count). The fourth-order valence-electron chi connectivity index (χ4n) is 2.83. The maximum atomic E-state index is 10.8. The van der Waals surface area contributed by atoms with Crippen LogP contribution in [0.1, 0.15) is 30.0 Å². The molecule has 156 valence electrons. The standard InChI is InChI=1S/C24H25ClN2O3/c1-16(20(14-26)12-13-27-22-8-6-21(25)7-9-22)15-30-23-10-4-19(5-11-24(28)29)17(2)18(23)3/h4,6-10,12-13,27H,5,11,15H2,1-3H3,(H,28,29)/b13-12-,20-16-. The van der Waals surface area contributed by atoms with E-state index in [1.807, 2.05) is 45.0 Å². The lowest BCUT2D eigenvalue weighted by molar-refractivity contribution is -0.136. The van der Waals surface area contributed by atoms with Gasteiger partial charge in [0.15, 0.2) is 0 Å². The lowest BCUT2D eigenvalue weighted by Crippen LogP contribution is -2.05. The highest BCUT2D eigenvalue weighted by molar-refractivity contribution is 6.30. The first kappa shape index (κ1) is 23.1. The Kier molecular flexibility index (Phi) is 8.52. The van der Waals surface area contributed by atoms with Gasteiger partial charge in [0.25, 0.3) is 0 Å². The molecular formula is C24H25ClN2O3. The molecule has 0 aliphatic rings. The Morgan fingerprint density at radius 1 is 1.20 bits per heavy atom. The molecule has 0 heterocycles. The van der Waals surface area contributed by atoms with E-state index in [0.717, 1.165) is 33.7 Å². The Labute approximate surface area is 182 Å². The third-order valence-electron chi connectivity index (χ3n) is 4.83. The van der Waals surface area contributed by atoms with E-state index in [2.05, 4.69) is 11.4 Å². The largest absolute Gasteiger partial charge is 0.489 e. The Morgan fingerprint density at radius 3 is 2.53 bits per heavy atom. The van der Waals surface area contributed by atoms with Gasteiger partial charge in [0.1, 0.15) is 12.4 Å². The number of hydrogen-bond donors (Lipinski definition) is 2. The molecule has 0 aliphatic carbocycles. The molecule has 0 aliphatic heterocycles. The summed E-state index contributed by atoms with van der Waals surface area (Å²) in [6.45, 7) is 6.06. The van der Waals surface area contributed by atoms with Gasteiger partial charge in [-0.15, -0.1) is 0 Å². The molecule has 2 aromatic carbocycles. The predicted octanol–water partition coefficient (Wildman–Crippen LogP) is 5.82. The highest BCUT2D eigenvalue weighted by atomic mass is 35.5. The molecule has 0 saturated carbocycles. The number of carboxylic acid groups (broad SMARTS) is 1. The van der Waals surface area contributed by atoms with E-state index in [1.165, 1.54) is 0 Å². The van der Waals surface area contributed by atoms with E-state index >= 15 is 0 Å². The molecule has 2 aromatic rings. The number of ether oxygens (including phenoxy) is 1. The Hall–Kier alpha value is -3.23. The van der Waals surface area contributed by atoms with Crippen LogP contribution in [0.3, 0.4) is 0 Å². The molecule has 0 unspecified atom stereocenters. The molecule has 0 amide bonds. The van der Waals surface area contributed by atoms with Gasteiger partial charge in [-0.05, 0) is 85.9 Å². The van der Waals surface area contributed by atoms with Crippen molar-refractivity contribution in [2.75, 3.05) is 11.9 Å². The summed E-state index contributed by atoms with van der Waals surface area (Å²) < 4.78 is 5.93. The van der Waals surface area contributed by atoms with E-state index in [-0.39, 0.29) is 13.0 Å². The van der Waals surface area contributed by atoms with Gasteiger partial charge in [0, 0.05) is 23.3 Å². The third kappa shape index (κ3) is 6.68. The minimum absolute atomic E-state index is 0.101. The number of rotatable bonds is 9. The number of allylic oxidation sites excluding steroid dienone is 2. The van der Waals surface area contributed by atoms with Crippen molar-refractivity contribution >= 4 is 23.3 Å². The smallest absolute Gasteiger partial charge is 0.303 e. The number of halogens is 1. The van der Waals surface area contributed by atoms with E-state index in [1.54, 1.807) is 24.4 Å². The molecule has 6 heteroatoms. The zero-order valence-corrected chi connectivity index (χ0v) is 18.1. The van der Waals surface area contributed by atoms with Crippen molar-refractivity contribution in [2.45, 2.75) is 33.6 Å². The van der Waals surface area contributed by atoms with Crippen molar-refractivity contribution in [1.29, 1.82) is 5.26 Å². The van der Waals surface area contributed by atoms with Crippen molar-refractivity contribution in [2.24, 2.45) is 0 Å². The molecule has 5 nitrogen and oxygen atoms in total. The molecule has 2 N–H and O–H groups in total. The Bertz CT molecular complexity index is 1000. The number of nitrogens with one attached hydrogen (secondary N) is 1. The van der Waals surface area contributed by atoms with E-state index in [0.29, 0.717) is 17.0 Å². The fraction of sp³-hybridized carbons (Fsp3) is 0.250. The molecule has 0 bridgehead atoms. The van der Waals surface area contributed by atoms with Gasteiger partial charge in [0.2, 0.25) is 0 Å². The number of aryl methyl sites for hydroxylation is 1. The number of carbonyl (C=O) groups is 1.